The third-order valence-electron chi connectivity index (χ3n) is 3.95. The Morgan fingerprint density at radius 1 is 1.28 bits per heavy atom. The third-order valence-corrected chi connectivity index (χ3v) is 3.95. The number of nitrogens with one attached hydrogen (secondary N) is 3. The highest BCUT2D eigenvalue weighted by molar-refractivity contribution is 5.96. The molecule has 2 aromatic rings. The molecule has 2 heterocycles. The molecule has 1 aliphatic rings. The van der Waals surface area contributed by atoms with Crippen LogP contribution in [-0.2, 0) is 19.1 Å². The lowest BCUT2D eigenvalue weighted by Crippen LogP contribution is -2.36. The van der Waals surface area contributed by atoms with Crippen LogP contribution < -0.4 is 11.0 Å². The smallest absolute Gasteiger partial charge is 0.326 e. The van der Waals surface area contributed by atoms with E-state index in [0.717, 1.165) is 6.42 Å². The molecular weight excluding hydrogens is 328 g/mol. The van der Waals surface area contributed by atoms with Gasteiger partial charge in [-0.15, -0.1) is 0 Å². The molecule has 0 unspecified atom stereocenters. The van der Waals surface area contributed by atoms with E-state index in [2.05, 4.69) is 15.3 Å². The van der Waals surface area contributed by atoms with Crippen LogP contribution in [0, 0.1) is 0 Å². The zero-order chi connectivity index (χ0) is 18.0. The van der Waals surface area contributed by atoms with Gasteiger partial charge in [0.2, 0.25) is 5.91 Å². The van der Waals surface area contributed by atoms with Crippen molar-refractivity contribution >= 4 is 34.5 Å². The van der Waals surface area contributed by atoms with E-state index in [4.69, 9.17) is 4.74 Å². The van der Waals surface area contributed by atoms with Crippen LogP contribution in [0.15, 0.2) is 23.0 Å². The number of amides is 2. The molecule has 25 heavy (non-hydrogen) atoms. The van der Waals surface area contributed by atoms with E-state index in [-0.39, 0.29) is 18.1 Å². The Kier molecular flexibility index (Phi) is 4.55. The fourth-order valence-electron chi connectivity index (χ4n) is 2.67. The number of hydrogen-bond donors (Lipinski definition) is 3. The highest BCUT2D eigenvalue weighted by Crippen LogP contribution is 2.15. The maximum absolute atomic E-state index is 12.1. The van der Waals surface area contributed by atoms with E-state index in [1.807, 2.05) is 0 Å². The van der Waals surface area contributed by atoms with Gasteiger partial charge < -0.3 is 24.9 Å². The number of imidazole rings is 1. The van der Waals surface area contributed by atoms with Gasteiger partial charge >= 0.3 is 11.7 Å². The van der Waals surface area contributed by atoms with Crippen LogP contribution in [0.4, 0.5) is 5.69 Å². The molecule has 1 atom stereocenters. The van der Waals surface area contributed by atoms with Crippen molar-refractivity contribution in [1.29, 1.82) is 0 Å². The first-order valence-corrected chi connectivity index (χ1v) is 7.92. The number of carbonyl (C=O) groups is 3. The highest BCUT2D eigenvalue weighted by Gasteiger charge is 2.25. The zero-order valence-corrected chi connectivity index (χ0v) is 13.6. The number of nitrogens with zero attached hydrogens (tertiary/aromatic N) is 1. The first kappa shape index (κ1) is 16.7. The van der Waals surface area contributed by atoms with E-state index in [1.54, 1.807) is 18.2 Å². The van der Waals surface area contributed by atoms with Gasteiger partial charge in [-0.25, -0.2) is 4.79 Å². The van der Waals surface area contributed by atoms with Crippen molar-refractivity contribution in [2.75, 3.05) is 18.4 Å². The van der Waals surface area contributed by atoms with E-state index in [9.17, 15) is 19.2 Å². The van der Waals surface area contributed by atoms with Gasteiger partial charge in [0.25, 0.3) is 5.91 Å². The molecule has 0 spiro atoms. The van der Waals surface area contributed by atoms with Crippen LogP contribution >= 0.6 is 0 Å². The summed E-state index contributed by atoms with van der Waals surface area (Å²) in [6.07, 6.45) is 0.157. The number of ether oxygens (including phenoxy) is 1. The maximum Gasteiger partial charge on any atom is 0.326 e. The summed E-state index contributed by atoms with van der Waals surface area (Å²) in [7, 11) is 0. The van der Waals surface area contributed by atoms with Crippen molar-refractivity contribution in [3.05, 3.63) is 28.7 Å². The minimum Gasteiger partial charge on any atom is -0.451 e. The number of likely N-dealkylation sites (tertiary alicyclic amines) is 1. The summed E-state index contributed by atoms with van der Waals surface area (Å²) in [5.41, 5.74) is 1.31. The van der Waals surface area contributed by atoms with Crippen LogP contribution in [0.3, 0.4) is 0 Å². The summed E-state index contributed by atoms with van der Waals surface area (Å²) in [6.45, 7) is 1.84. The maximum atomic E-state index is 12.1. The summed E-state index contributed by atoms with van der Waals surface area (Å²) in [4.78, 5) is 53.3. The van der Waals surface area contributed by atoms with Crippen molar-refractivity contribution in [3.8, 4) is 0 Å². The third kappa shape index (κ3) is 3.87. The standard InChI is InChI=1S/C16H18N4O5/c1-9(25-14(22)8-20-6-2-3-13(20)21)15(23)17-10-4-5-11-12(7-10)19-16(24)18-11/h4-5,7,9H,2-3,6,8H2,1H3,(H,17,23)(H2,18,19,24)/t9-/m1/s1. The lowest BCUT2D eigenvalue weighted by atomic mass is 10.2. The molecule has 3 N–H and O–H groups in total. The zero-order valence-electron chi connectivity index (χ0n) is 13.6. The number of benzene rings is 1. The molecule has 132 valence electrons. The quantitative estimate of drug-likeness (QED) is 0.674. The van der Waals surface area contributed by atoms with Gasteiger partial charge in [0.1, 0.15) is 6.54 Å². The van der Waals surface area contributed by atoms with E-state index < -0.39 is 18.0 Å². The first-order valence-electron chi connectivity index (χ1n) is 7.92. The minimum atomic E-state index is -1.01. The number of carbonyl (C=O) groups excluding carboxylic acids is 3. The predicted octanol–water partition coefficient (Wildman–Crippen LogP) is 0.349. The highest BCUT2D eigenvalue weighted by atomic mass is 16.5. The second kappa shape index (κ2) is 6.80. The van der Waals surface area contributed by atoms with Crippen LogP contribution in [0.1, 0.15) is 19.8 Å². The summed E-state index contributed by atoms with van der Waals surface area (Å²) in [6, 6.07) is 4.88. The molecule has 0 saturated carbocycles. The summed E-state index contributed by atoms with van der Waals surface area (Å²) < 4.78 is 5.08. The van der Waals surface area contributed by atoms with Crippen LogP contribution in [0.25, 0.3) is 11.0 Å². The predicted molar refractivity (Wildman–Crippen MR) is 88.9 cm³/mol. The van der Waals surface area contributed by atoms with Gasteiger partial charge in [-0.05, 0) is 31.5 Å². The SMILES string of the molecule is C[C@@H](OC(=O)CN1CCCC1=O)C(=O)Nc1ccc2[nH]c(=O)[nH]c2c1. The summed E-state index contributed by atoms with van der Waals surface area (Å²) in [5.74, 6) is -1.20. The van der Waals surface area contributed by atoms with Crippen molar-refractivity contribution in [3.63, 3.8) is 0 Å². The number of esters is 1. The Hall–Kier alpha value is -3.10. The van der Waals surface area contributed by atoms with Gasteiger partial charge in [-0.1, -0.05) is 0 Å². The van der Waals surface area contributed by atoms with Gasteiger partial charge in [0.05, 0.1) is 11.0 Å². The summed E-state index contributed by atoms with van der Waals surface area (Å²) in [5, 5.41) is 2.62. The molecule has 2 amide bonds. The molecule has 1 aromatic carbocycles. The Morgan fingerprint density at radius 3 is 2.76 bits per heavy atom. The number of hydrogen-bond acceptors (Lipinski definition) is 5. The van der Waals surface area contributed by atoms with Crippen LogP contribution in [0.2, 0.25) is 0 Å². The molecule has 9 nitrogen and oxygen atoms in total. The lowest BCUT2D eigenvalue weighted by Gasteiger charge is -2.17. The van der Waals surface area contributed by atoms with Gasteiger partial charge in [-0.3, -0.25) is 14.4 Å². The van der Waals surface area contributed by atoms with Gasteiger partial charge in [0, 0.05) is 18.7 Å². The summed E-state index contributed by atoms with van der Waals surface area (Å²) >= 11 is 0. The van der Waals surface area contributed by atoms with E-state index in [0.29, 0.717) is 29.7 Å². The molecule has 1 aliphatic heterocycles. The molecule has 1 aromatic heterocycles. The molecule has 0 radical (unpaired) electrons. The largest absolute Gasteiger partial charge is 0.451 e. The monoisotopic (exact) mass is 346 g/mol. The molecule has 0 aliphatic carbocycles. The van der Waals surface area contributed by atoms with Crippen LogP contribution in [0.5, 0.6) is 0 Å². The average Bonchev–Trinajstić information content (AvgIpc) is 3.11. The van der Waals surface area contributed by atoms with E-state index in [1.165, 1.54) is 11.8 Å². The van der Waals surface area contributed by atoms with Gasteiger partial charge in [-0.2, -0.15) is 0 Å². The minimum absolute atomic E-state index is 0.0807. The van der Waals surface area contributed by atoms with Crippen LogP contribution in [-0.4, -0.2) is 51.8 Å². The normalized spacial score (nSPS) is 15.4. The van der Waals surface area contributed by atoms with Gasteiger partial charge in [0.15, 0.2) is 6.10 Å². The number of H-pyrrole nitrogens is 2. The first-order chi connectivity index (χ1) is 11.9. The second-order valence-electron chi connectivity index (χ2n) is 5.88. The van der Waals surface area contributed by atoms with Crippen molar-refractivity contribution in [2.45, 2.75) is 25.9 Å². The Bertz CT molecular complexity index is 884. The second-order valence-corrected chi connectivity index (χ2v) is 5.88. The number of aromatic amines is 2. The molecule has 3 rings (SSSR count). The molecule has 0 bridgehead atoms. The number of fused-ring (bicyclic) bond motifs is 1. The van der Waals surface area contributed by atoms with E-state index >= 15 is 0 Å². The number of rotatable bonds is 5. The topological polar surface area (TPSA) is 124 Å². The number of anilines is 1. The van der Waals surface area contributed by atoms with Crippen molar-refractivity contribution in [1.82, 2.24) is 14.9 Å². The fraction of sp³-hybridized carbons (Fsp3) is 0.375. The molecule has 1 saturated heterocycles. The van der Waals surface area contributed by atoms with Crippen molar-refractivity contribution in [2.24, 2.45) is 0 Å². The Labute approximate surface area is 142 Å². The fourth-order valence-corrected chi connectivity index (χ4v) is 2.67. The van der Waals surface area contributed by atoms with Crippen molar-refractivity contribution < 1.29 is 19.1 Å². The lowest BCUT2D eigenvalue weighted by molar-refractivity contribution is -0.155. The average molecular weight is 346 g/mol. The molecule has 1 fully saturated rings. The molecular formula is C16H18N4O5. The molecule has 9 heteroatoms. The Morgan fingerprint density at radius 2 is 2.04 bits per heavy atom. The number of aromatic nitrogens is 2. The Balaban J connectivity index is 1.56.